The van der Waals surface area contributed by atoms with Crippen LogP contribution in [0.2, 0.25) is 0 Å². The van der Waals surface area contributed by atoms with E-state index in [2.05, 4.69) is 31.9 Å². The number of hydrogen-bond donors (Lipinski definition) is 1. The van der Waals surface area contributed by atoms with Crippen LogP contribution in [0.25, 0.3) is 10.9 Å². The molecule has 2 fully saturated rings. The molecule has 0 unspecified atom stereocenters. The number of hydrogen-bond acceptors (Lipinski definition) is 12. The van der Waals surface area contributed by atoms with Crippen LogP contribution in [0.3, 0.4) is 0 Å². The molecule has 0 amide bonds. The Bertz CT molecular complexity index is 1860. The predicted octanol–water partition coefficient (Wildman–Crippen LogP) is 3.22. The number of fused-ring (bicyclic) bond motifs is 1. The Hall–Kier alpha value is -4.57. The highest BCUT2D eigenvalue weighted by molar-refractivity contribution is 7.92. The smallest absolute Gasteiger partial charge is 0.398 e. The minimum atomic E-state index is -3.77. The van der Waals surface area contributed by atoms with Gasteiger partial charge in [-0.2, -0.15) is 4.98 Å². The largest absolute Gasteiger partial charge is 0.741 e. The summed E-state index contributed by atoms with van der Waals surface area (Å²) in [5.41, 5.74) is 3.33. The maximum absolute atomic E-state index is 13.1. The normalized spacial score (nSPS) is 18.7. The van der Waals surface area contributed by atoms with Gasteiger partial charge in [-0.05, 0) is 51.7 Å². The quantitative estimate of drug-likeness (QED) is 0.114. The zero-order valence-corrected chi connectivity index (χ0v) is 27.9. The van der Waals surface area contributed by atoms with Crippen LogP contribution in [0, 0.1) is 19.1 Å². The summed E-state index contributed by atoms with van der Waals surface area (Å²) in [4.78, 5) is 24.9. The topological polar surface area (TPSA) is 167 Å². The number of pyridine rings is 2. The lowest BCUT2D eigenvalue weighted by molar-refractivity contribution is -0.362. The molecule has 4 aromatic rings. The lowest BCUT2D eigenvalue weighted by Gasteiger charge is -2.31. The van der Waals surface area contributed by atoms with Gasteiger partial charge in [0.25, 0.3) is 0 Å². The van der Waals surface area contributed by atoms with E-state index in [1.54, 1.807) is 13.1 Å². The fourth-order valence-electron chi connectivity index (χ4n) is 6.07. The standard InChI is InChI=1S/C31H40N10O5S/c1-20-14-21(2)35-30(34-20)36-22-6-8-25(9-7-22)46-29-26-15-23(17-32-27(26)16-28(37-29)40-10-12-45-13-11-40)41(47(5,43)44)19-24-18-33-31(38(24)3)39(4)42/h14-18,22,25H,4,6-13,19H2,1-3,5H3,(H,34,35,36). The van der Waals surface area contributed by atoms with Crippen molar-refractivity contribution in [2.75, 3.05) is 47.1 Å². The number of aryl methyl sites for hydroxylation is 2. The summed E-state index contributed by atoms with van der Waals surface area (Å²) in [6.45, 7) is 9.77. The summed E-state index contributed by atoms with van der Waals surface area (Å²) in [6, 6.07) is 5.82. The average molecular weight is 665 g/mol. The van der Waals surface area contributed by atoms with E-state index in [0.717, 1.165) is 49.1 Å². The van der Waals surface area contributed by atoms with Gasteiger partial charge in [-0.15, -0.1) is 0 Å². The third-order valence-electron chi connectivity index (χ3n) is 8.50. The zero-order valence-electron chi connectivity index (χ0n) is 27.1. The van der Waals surface area contributed by atoms with Crippen LogP contribution in [0.4, 0.5) is 23.4 Å². The van der Waals surface area contributed by atoms with Crippen LogP contribution in [0.5, 0.6) is 5.88 Å². The van der Waals surface area contributed by atoms with E-state index in [-0.39, 0.29) is 24.6 Å². The molecule has 1 aliphatic carbocycles. The number of nitrogens with zero attached hydrogens (tertiary/aromatic N) is 9. The number of aromatic nitrogens is 6. The van der Waals surface area contributed by atoms with Crippen molar-refractivity contribution >= 4 is 51.0 Å². The van der Waals surface area contributed by atoms with Crippen LogP contribution < -0.4 is 19.3 Å². The molecule has 4 aromatic heterocycles. The summed E-state index contributed by atoms with van der Waals surface area (Å²) in [7, 11) is -2.14. The number of nitrogens with one attached hydrogen (secondary N) is 1. The second kappa shape index (κ2) is 13.3. The van der Waals surface area contributed by atoms with Gasteiger partial charge in [0.2, 0.25) is 21.9 Å². The summed E-state index contributed by atoms with van der Waals surface area (Å²) in [6.07, 6.45) is 7.35. The minimum Gasteiger partial charge on any atom is -0.741 e. The van der Waals surface area contributed by atoms with Crippen LogP contribution in [0.15, 0.2) is 30.6 Å². The predicted molar refractivity (Wildman–Crippen MR) is 179 cm³/mol. The van der Waals surface area contributed by atoms with Gasteiger partial charge in [-0.25, -0.2) is 23.0 Å². The first-order chi connectivity index (χ1) is 22.4. The summed E-state index contributed by atoms with van der Waals surface area (Å²) >= 11 is 0. The lowest BCUT2D eigenvalue weighted by atomic mass is 9.93. The Morgan fingerprint density at radius 1 is 1.06 bits per heavy atom. The minimum absolute atomic E-state index is 0.0621. The Balaban J connectivity index is 1.29. The van der Waals surface area contributed by atoms with Crippen molar-refractivity contribution in [3.8, 4) is 5.88 Å². The molecule has 1 aliphatic heterocycles. The first-order valence-corrected chi connectivity index (χ1v) is 17.4. The summed E-state index contributed by atoms with van der Waals surface area (Å²) in [5.74, 6) is 1.84. The van der Waals surface area contributed by atoms with Crippen LogP contribution in [-0.2, 0) is 28.4 Å². The van der Waals surface area contributed by atoms with E-state index in [1.807, 2.05) is 26.0 Å². The van der Waals surface area contributed by atoms with Crippen molar-refractivity contribution < 1.29 is 22.6 Å². The van der Waals surface area contributed by atoms with Gasteiger partial charge in [0.05, 0.1) is 55.8 Å². The molecule has 0 bridgehead atoms. The molecule has 1 saturated carbocycles. The van der Waals surface area contributed by atoms with E-state index in [9.17, 15) is 13.6 Å². The second-order valence-electron chi connectivity index (χ2n) is 12.1. The molecule has 2 aliphatic rings. The average Bonchev–Trinajstić information content (AvgIpc) is 3.40. The lowest BCUT2D eigenvalue weighted by Crippen LogP contribution is -2.37. The Morgan fingerprint density at radius 2 is 1.77 bits per heavy atom. The molecule has 47 heavy (non-hydrogen) atoms. The van der Waals surface area contributed by atoms with Crippen molar-refractivity contribution in [2.24, 2.45) is 7.05 Å². The van der Waals surface area contributed by atoms with Crippen LogP contribution >= 0.6 is 0 Å². The van der Waals surface area contributed by atoms with Gasteiger partial charge in [-0.1, -0.05) is 4.98 Å². The molecule has 0 spiro atoms. The van der Waals surface area contributed by atoms with Gasteiger partial charge < -0.3 is 24.9 Å². The maximum Gasteiger partial charge on any atom is 0.398 e. The Morgan fingerprint density at radius 3 is 2.40 bits per heavy atom. The Labute approximate surface area is 273 Å². The van der Waals surface area contributed by atoms with E-state index in [0.29, 0.717) is 65.2 Å². The molecule has 5 heterocycles. The molecule has 0 radical (unpaired) electrons. The fourth-order valence-corrected chi connectivity index (χ4v) is 6.92. The van der Waals surface area contributed by atoms with E-state index >= 15 is 0 Å². The number of sulfonamides is 1. The van der Waals surface area contributed by atoms with Gasteiger partial charge in [0.15, 0.2) is 0 Å². The monoisotopic (exact) mass is 664 g/mol. The molecule has 1 saturated heterocycles. The second-order valence-corrected chi connectivity index (χ2v) is 14.0. The molecule has 0 aromatic carbocycles. The highest BCUT2D eigenvalue weighted by Crippen LogP contribution is 2.34. The molecule has 1 N–H and O–H groups in total. The number of morpholine rings is 1. The molecular weight excluding hydrogens is 624 g/mol. The maximum atomic E-state index is 13.1. The summed E-state index contributed by atoms with van der Waals surface area (Å²) < 4.78 is 41.5. The first-order valence-electron chi connectivity index (χ1n) is 15.6. The van der Waals surface area contributed by atoms with E-state index < -0.39 is 10.0 Å². The van der Waals surface area contributed by atoms with Gasteiger partial charge in [0, 0.05) is 43.3 Å². The molecule has 250 valence electrons. The third-order valence-corrected chi connectivity index (χ3v) is 9.64. The van der Waals surface area contributed by atoms with Gasteiger partial charge in [0.1, 0.15) is 23.8 Å². The van der Waals surface area contributed by atoms with Gasteiger partial charge in [-0.3, -0.25) is 14.0 Å². The van der Waals surface area contributed by atoms with Crippen molar-refractivity contribution in [1.82, 2.24) is 29.5 Å². The van der Waals surface area contributed by atoms with Crippen molar-refractivity contribution in [3.05, 3.63) is 52.9 Å². The number of rotatable bonds is 10. The van der Waals surface area contributed by atoms with Gasteiger partial charge >= 0.3 is 5.95 Å². The highest BCUT2D eigenvalue weighted by atomic mass is 32.2. The number of anilines is 3. The number of imidazole rings is 1. The first kappa shape index (κ1) is 32.4. The fraction of sp³-hybridized carbons (Fsp3) is 0.484. The zero-order chi connectivity index (χ0) is 33.3. The molecule has 16 heteroatoms. The van der Waals surface area contributed by atoms with E-state index in [1.165, 1.54) is 21.3 Å². The Kier molecular flexibility index (Phi) is 9.14. The SMILES string of the molecule is C=[N+]([O-])c1ncc(CN(c2cnc3cc(N4CCOCC4)nc(OC4CCC(Nc5nc(C)cc(C)n5)CC4)c3c2)S(C)(=O)=O)n1C. The molecule has 15 nitrogen and oxygen atoms in total. The van der Waals surface area contributed by atoms with Crippen LogP contribution in [-0.4, -0.2) is 94.1 Å². The van der Waals surface area contributed by atoms with Crippen molar-refractivity contribution in [2.45, 2.75) is 58.2 Å². The third kappa shape index (κ3) is 7.38. The summed E-state index contributed by atoms with van der Waals surface area (Å²) in [5, 5.41) is 15.9. The van der Waals surface area contributed by atoms with Crippen molar-refractivity contribution in [3.63, 3.8) is 0 Å². The highest BCUT2D eigenvalue weighted by Gasteiger charge is 2.28. The van der Waals surface area contributed by atoms with E-state index in [4.69, 9.17) is 19.4 Å². The van der Waals surface area contributed by atoms with Crippen LogP contribution in [0.1, 0.15) is 42.8 Å². The molecule has 0 atom stereocenters. The molecule has 6 rings (SSSR count). The molecular formula is C31H40N10O5S. The number of ether oxygens (including phenoxy) is 2. The van der Waals surface area contributed by atoms with Crippen molar-refractivity contribution in [1.29, 1.82) is 0 Å².